The Morgan fingerprint density at radius 3 is 2.82 bits per heavy atom. The molecule has 1 aliphatic rings. The predicted molar refractivity (Wildman–Crippen MR) is 66.9 cm³/mol. The molecule has 0 saturated carbocycles. The standard InChI is InChI=1S/C14H18N2O/c15-12-13-5-4-6-14(11-13)17-10-9-16-7-2-1-3-8-16/h4-6,11H,1-3,7-10H2. The summed E-state index contributed by atoms with van der Waals surface area (Å²) in [6.07, 6.45) is 3.98. The van der Waals surface area contributed by atoms with Crippen molar-refractivity contribution >= 4 is 0 Å². The van der Waals surface area contributed by atoms with Gasteiger partial charge in [-0.2, -0.15) is 5.26 Å². The van der Waals surface area contributed by atoms with Gasteiger partial charge in [0.1, 0.15) is 12.4 Å². The van der Waals surface area contributed by atoms with Crippen LogP contribution in [-0.2, 0) is 0 Å². The van der Waals surface area contributed by atoms with Crippen LogP contribution < -0.4 is 4.74 Å². The van der Waals surface area contributed by atoms with Gasteiger partial charge in [0.25, 0.3) is 0 Å². The Balaban J connectivity index is 1.75. The Morgan fingerprint density at radius 2 is 2.06 bits per heavy atom. The number of nitrogens with zero attached hydrogens (tertiary/aromatic N) is 2. The Kier molecular flexibility index (Phi) is 4.40. The van der Waals surface area contributed by atoms with E-state index in [1.807, 2.05) is 12.1 Å². The van der Waals surface area contributed by atoms with Gasteiger partial charge in [-0.15, -0.1) is 0 Å². The zero-order valence-corrected chi connectivity index (χ0v) is 10.1. The Hall–Kier alpha value is -1.53. The fourth-order valence-corrected chi connectivity index (χ4v) is 2.13. The molecule has 1 aromatic carbocycles. The molecule has 0 unspecified atom stereocenters. The number of likely N-dealkylation sites (tertiary alicyclic amines) is 1. The topological polar surface area (TPSA) is 36.3 Å². The molecule has 0 radical (unpaired) electrons. The molecule has 3 nitrogen and oxygen atoms in total. The summed E-state index contributed by atoms with van der Waals surface area (Å²) in [7, 11) is 0. The molecule has 1 heterocycles. The molecule has 0 amide bonds. The summed E-state index contributed by atoms with van der Waals surface area (Å²) in [5, 5.41) is 8.78. The van der Waals surface area contributed by atoms with Gasteiger partial charge in [0.15, 0.2) is 0 Å². The monoisotopic (exact) mass is 230 g/mol. The molecule has 0 aliphatic carbocycles. The zero-order valence-electron chi connectivity index (χ0n) is 10.1. The van der Waals surface area contributed by atoms with Gasteiger partial charge in [-0.25, -0.2) is 0 Å². The van der Waals surface area contributed by atoms with Crippen LogP contribution in [0.15, 0.2) is 24.3 Å². The molecule has 0 bridgehead atoms. The maximum atomic E-state index is 8.78. The van der Waals surface area contributed by atoms with Crippen LogP contribution in [0, 0.1) is 11.3 Å². The molecule has 90 valence electrons. The minimum absolute atomic E-state index is 0.653. The number of hydrogen-bond donors (Lipinski definition) is 0. The van der Waals surface area contributed by atoms with Gasteiger partial charge in [-0.3, -0.25) is 4.90 Å². The highest BCUT2D eigenvalue weighted by Crippen LogP contribution is 2.13. The van der Waals surface area contributed by atoms with Crippen LogP contribution in [0.4, 0.5) is 0 Å². The van der Waals surface area contributed by atoms with Crippen LogP contribution in [0.25, 0.3) is 0 Å². The first-order chi connectivity index (χ1) is 8.38. The van der Waals surface area contributed by atoms with E-state index in [0.717, 1.165) is 12.3 Å². The second-order valence-corrected chi connectivity index (χ2v) is 4.39. The lowest BCUT2D eigenvalue weighted by Gasteiger charge is -2.26. The third-order valence-corrected chi connectivity index (χ3v) is 3.09. The van der Waals surface area contributed by atoms with E-state index in [-0.39, 0.29) is 0 Å². The number of hydrogen-bond acceptors (Lipinski definition) is 3. The van der Waals surface area contributed by atoms with Crippen molar-refractivity contribution in [3.05, 3.63) is 29.8 Å². The second-order valence-electron chi connectivity index (χ2n) is 4.39. The van der Waals surface area contributed by atoms with Gasteiger partial charge in [0.2, 0.25) is 0 Å². The van der Waals surface area contributed by atoms with Gasteiger partial charge in [-0.05, 0) is 44.1 Å². The fraction of sp³-hybridized carbons (Fsp3) is 0.500. The molecule has 2 rings (SSSR count). The van der Waals surface area contributed by atoms with Crippen molar-refractivity contribution in [2.24, 2.45) is 0 Å². The smallest absolute Gasteiger partial charge is 0.120 e. The number of rotatable bonds is 4. The lowest BCUT2D eigenvalue weighted by atomic mass is 10.1. The van der Waals surface area contributed by atoms with Crippen molar-refractivity contribution in [2.75, 3.05) is 26.2 Å². The summed E-state index contributed by atoms with van der Waals surface area (Å²) in [6, 6.07) is 9.45. The average Bonchev–Trinajstić information content (AvgIpc) is 2.40. The number of piperidine rings is 1. The highest BCUT2D eigenvalue weighted by molar-refractivity contribution is 5.36. The van der Waals surface area contributed by atoms with Gasteiger partial charge < -0.3 is 4.74 Å². The van der Waals surface area contributed by atoms with E-state index in [1.54, 1.807) is 12.1 Å². The Morgan fingerprint density at radius 1 is 1.24 bits per heavy atom. The molecule has 1 saturated heterocycles. The third kappa shape index (κ3) is 3.76. The van der Waals surface area contributed by atoms with Crippen LogP contribution in [0.2, 0.25) is 0 Å². The van der Waals surface area contributed by atoms with Crippen molar-refractivity contribution < 1.29 is 4.74 Å². The van der Waals surface area contributed by atoms with E-state index in [1.165, 1.54) is 32.4 Å². The molecule has 3 heteroatoms. The maximum absolute atomic E-state index is 8.78. The molecule has 0 N–H and O–H groups in total. The van der Waals surface area contributed by atoms with Gasteiger partial charge >= 0.3 is 0 Å². The van der Waals surface area contributed by atoms with E-state index >= 15 is 0 Å². The molecule has 1 aliphatic heterocycles. The first kappa shape index (κ1) is 11.9. The molecule has 17 heavy (non-hydrogen) atoms. The molecule has 1 aromatic rings. The van der Waals surface area contributed by atoms with Crippen molar-refractivity contribution in [3.8, 4) is 11.8 Å². The third-order valence-electron chi connectivity index (χ3n) is 3.09. The second kappa shape index (κ2) is 6.27. The highest BCUT2D eigenvalue weighted by atomic mass is 16.5. The van der Waals surface area contributed by atoms with E-state index in [0.29, 0.717) is 12.2 Å². The van der Waals surface area contributed by atoms with Crippen molar-refractivity contribution in [1.29, 1.82) is 5.26 Å². The van der Waals surface area contributed by atoms with Gasteiger partial charge in [-0.1, -0.05) is 12.5 Å². The van der Waals surface area contributed by atoms with E-state index in [9.17, 15) is 0 Å². The largest absolute Gasteiger partial charge is 0.492 e. The van der Waals surface area contributed by atoms with Gasteiger partial charge in [0.05, 0.1) is 11.6 Å². The van der Waals surface area contributed by atoms with E-state index < -0.39 is 0 Å². The predicted octanol–water partition coefficient (Wildman–Crippen LogP) is 2.42. The SMILES string of the molecule is N#Cc1cccc(OCCN2CCCCC2)c1. The summed E-state index contributed by atoms with van der Waals surface area (Å²) in [5.41, 5.74) is 0.653. The number of nitriles is 1. The van der Waals surface area contributed by atoms with E-state index in [4.69, 9.17) is 10.00 Å². The van der Waals surface area contributed by atoms with E-state index in [2.05, 4.69) is 11.0 Å². The van der Waals surface area contributed by atoms with Crippen LogP contribution in [0.1, 0.15) is 24.8 Å². The molecule has 0 spiro atoms. The fourth-order valence-electron chi connectivity index (χ4n) is 2.13. The summed E-state index contributed by atoms with van der Waals surface area (Å²) in [6.45, 7) is 4.08. The Labute approximate surface area is 103 Å². The lowest BCUT2D eigenvalue weighted by molar-refractivity contribution is 0.183. The quantitative estimate of drug-likeness (QED) is 0.797. The van der Waals surface area contributed by atoms with Crippen molar-refractivity contribution in [1.82, 2.24) is 4.90 Å². The molecular formula is C14H18N2O. The summed E-state index contributed by atoms with van der Waals surface area (Å²) in [4.78, 5) is 2.44. The normalized spacial score (nSPS) is 16.4. The Bertz CT molecular complexity index is 391. The first-order valence-corrected chi connectivity index (χ1v) is 6.24. The van der Waals surface area contributed by atoms with Crippen molar-refractivity contribution in [2.45, 2.75) is 19.3 Å². The zero-order chi connectivity index (χ0) is 11.9. The van der Waals surface area contributed by atoms with Crippen LogP contribution in [0.5, 0.6) is 5.75 Å². The highest BCUT2D eigenvalue weighted by Gasteiger charge is 2.09. The van der Waals surface area contributed by atoms with Crippen LogP contribution in [0.3, 0.4) is 0 Å². The number of benzene rings is 1. The number of ether oxygens (including phenoxy) is 1. The lowest BCUT2D eigenvalue weighted by Crippen LogP contribution is -2.33. The van der Waals surface area contributed by atoms with Crippen molar-refractivity contribution in [3.63, 3.8) is 0 Å². The average molecular weight is 230 g/mol. The molecule has 0 atom stereocenters. The molecular weight excluding hydrogens is 212 g/mol. The summed E-state index contributed by atoms with van der Waals surface area (Å²) in [5.74, 6) is 0.793. The van der Waals surface area contributed by atoms with Gasteiger partial charge in [0, 0.05) is 6.54 Å². The first-order valence-electron chi connectivity index (χ1n) is 6.24. The minimum atomic E-state index is 0.653. The van der Waals surface area contributed by atoms with Crippen LogP contribution in [-0.4, -0.2) is 31.1 Å². The summed E-state index contributed by atoms with van der Waals surface area (Å²) < 4.78 is 5.66. The molecule has 1 fully saturated rings. The summed E-state index contributed by atoms with van der Waals surface area (Å²) >= 11 is 0. The molecule has 0 aromatic heterocycles. The minimum Gasteiger partial charge on any atom is -0.492 e. The maximum Gasteiger partial charge on any atom is 0.120 e. The van der Waals surface area contributed by atoms with Crippen LogP contribution >= 0.6 is 0 Å².